The molecule has 0 bridgehead atoms. The first kappa shape index (κ1) is 17.1. The Bertz CT molecular complexity index is 515. The molecular formula is C14H25N3O2S. The molecule has 0 aliphatic rings. The molecule has 0 aliphatic heterocycles. The van der Waals surface area contributed by atoms with Gasteiger partial charge in [0.25, 0.3) is 0 Å². The fraction of sp³-hybridized carbons (Fsp3) is 0.643. The van der Waals surface area contributed by atoms with Crippen LogP contribution in [0.25, 0.3) is 0 Å². The Morgan fingerprint density at radius 1 is 1.30 bits per heavy atom. The van der Waals surface area contributed by atoms with Crippen molar-refractivity contribution in [2.24, 2.45) is 11.7 Å². The zero-order valence-electron chi connectivity index (χ0n) is 12.5. The molecule has 20 heavy (non-hydrogen) atoms. The summed E-state index contributed by atoms with van der Waals surface area (Å²) in [5.74, 6) is 0.640. The number of nitrogens with two attached hydrogens (primary N) is 1. The van der Waals surface area contributed by atoms with Crippen LogP contribution in [0.4, 0.5) is 0 Å². The molecule has 0 saturated carbocycles. The zero-order valence-corrected chi connectivity index (χ0v) is 13.3. The molecule has 0 aliphatic carbocycles. The van der Waals surface area contributed by atoms with Crippen LogP contribution in [0.2, 0.25) is 0 Å². The van der Waals surface area contributed by atoms with Gasteiger partial charge in [0, 0.05) is 18.8 Å². The molecule has 0 fully saturated rings. The van der Waals surface area contributed by atoms with E-state index in [-0.39, 0.29) is 17.5 Å². The predicted molar refractivity (Wildman–Crippen MR) is 80.6 cm³/mol. The molecule has 1 aromatic heterocycles. The number of nitrogens with zero attached hydrogens (tertiary/aromatic N) is 1. The molecule has 1 unspecified atom stereocenters. The van der Waals surface area contributed by atoms with E-state index in [2.05, 4.69) is 23.6 Å². The average Bonchev–Trinajstić information content (AvgIpc) is 2.37. The van der Waals surface area contributed by atoms with Crippen LogP contribution < -0.4 is 10.5 Å². The lowest BCUT2D eigenvalue weighted by molar-refractivity contribution is 0.488. The van der Waals surface area contributed by atoms with E-state index < -0.39 is 10.0 Å². The van der Waals surface area contributed by atoms with Gasteiger partial charge in [-0.2, -0.15) is 0 Å². The van der Waals surface area contributed by atoms with Crippen molar-refractivity contribution in [3.63, 3.8) is 0 Å². The number of rotatable bonds is 8. The van der Waals surface area contributed by atoms with Crippen LogP contribution in [0.3, 0.4) is 0 Å². The average molecular weight is 299 g/mol. The maximum Gasteiger partial charge on any atom is 0.242 e. The number of aromatic nitrogens is 1. The lowest BCUT2D eigenvalue weighted by Crippen LogP contribution is -2.33. The monoisotopic (exact) mass is 299 g/mol. The summed E-state index contributed by atoms with van der Waals surface area (Å²) >= 11 is 0. The van der Waals surface area contributed by atoms with E-state index in [9.17, 15) is 8.42 Å². The Morgan fingerprint density at radius 2 is 2.00 bits per heavy atom. The minimum atomic E-state index is -3.55. The van der Waals surface area contributed by atoms with Gasteiger partial charge in [-0.05, 0) is 31.4 Å². The zero-order chi connectivity index (χ0) is 15.2. The Labute approximate surface area is 122 Å². The van der Waals surface area contributed by atoms with Crippen LogP contribution in [0.15, 0.2) is 23.2 Å². The Hall–Kier alpha value is -0.980. The van der Waals surface area contributed by atoms with Crippen LogP contribution in [0.1, 0.15) is 45.7 Å². The van der Waals surface area contributed by atoms with Crippen LogP contribution in [-0.2, 0) is 16.6 Å². The summed E-state index contributed by atoms with van der Waals surface area (Å²) in [5.41, 5.74) is 5.93. The first-order valence-corrected chi connectivity index (χ1v) is 8.51. The van der Waals surface area contributed by atoms with Crippen molar-refractivity contribution in [3.05, 3.63) is 24.0 Å². The van der Waals surface area contributed by atoms with Gasteiger partial charge in [-0.25, -0.2) is 13.1 Å². The topological polar surface area (TPSA) is 85.1 Å². The smallest absolute Gasteiger partial charge is 0.242 e. The molecule has 1 heterocycles. The lowest BCUT2D eigenvalue weighted by atomic mass is 10.0. The van der Waals surface area contributed by atoms with Crippen LogP contribution >= 0.6 is 0 Å². The molecule has 6 heteroatoms. The number of sulfonamides is 1. The molecule has 0 saturated heterocycles. The van der Waals surface area contributed by atoms with E-state index in [1.54, 1.807) is 18.3 Å². The third-order valence-electron chi connectivity index (χ3n) is 3.11. The molecule has 0 radical (unpaired) electrons. The highest BCUT2D eigenvalue weighted by atomic mass is 32.2. The van der Waals surface area contributed by atoms with Gasteiger partial charge in [0.1, 0.15) is 4.90 Å². The highest BCUT2D eigenvalue weighted by Gasteiger charge is 2.20. The van der Waals surface area contributed by atoms with Gasteiger partial charge in [-0.3, -0.25) is 4.98 Å². The van der Waals surface area contributed by atoms with Gasteiger partial charge in [-0.1, -0.05) is 26.7 Å². The van der Waals surface area contributed by atoms with Crippen molar-refractivity contribution in [2.45, 2.75) is 57.5 Å². The van der Waals surface area contributed by atoms with Gasteiger partial charge in [-0.15, -0.1) is 0 Å². The highest BCUT2D eigenvalue weighted by molar-refractivity contribution is 7.89. The molecule has 0 spiro atoms. The van der Waals surface area contributed by atoms with E-state index in [1.165, 1.54) is 0 Å². The minimum absolute atomic E-state index is 0.0930. The Morgan fingerprint density at radius 3 is 2.60 bits per heavy atom. The summed E-state index contributed by atoms with van der Waals surface area (Å²) in [5, 5.41) is 0. The summed E-state index contributed by atoms with van der Waals surface area (Å²) in [6, 6.07) is 3.06. The molecule has 3 N–H and O–H groups in total. The number of hydrogen-bond acceptors (Lipinski definition) is 4. The number of hydrogen-bond donors (Lipinski definition) is 2. The Balaban J connectivity index is 2.69. The SMILES string of the molecule is CC(C)CCCC(C)NS(=O)(=O)c1cccnc1CN. The standard InChI is InChI=1S/C14H25N3O2S/c1-11(2)6-4-7-12(3)17-20(18,19)14-8-5-9-16-13(14)10-15/h5,8-9,11-12,17H,4,6-7,10,15H2,1-3H3. The van der Waals surface area contributed by atoms with Gasteiger partial charge < -0.3 is 5.73 Å². The summed E-state index contributed by atoms with van der Waals surface area (Å²) in [6.07, 6.45) is 4.49. The van der Waals surface area contributed by atoms with Gasteiger partial charge in [0.2, 0.25) is 10.0 Å². The lowest BCUT2D eigenvalue weighted by Gasteiger charge is -2.16. The summed E-state index contributed by atoms with van der Waals surface area (Å²) < 4.78 is 27.3. The maximum atomic E-state index is 12.3. The van der Waals surface area contributed by atoms with Crippen LogP contribution in [0, 0.1) is 5.92 Å². The number of pyridine rings is 1. The minimum Gasteiger partial charge on any atom is -0.325 e. The van der Waals surface area contributed by atoms with Crippen LogP contribution in [-0.4, -0.2) is 19.4 Å². The largest absolute Gasteiger partial charge is 0.325 e. The fourth-order valence-corrected chi connectivity index (χ4v) is 3.52. The Kier molecular flexibility index (Phi) is 6.58. The van der Waals surface area contributed by atoms with Crippen molar-refractivity contribution in [2.75, 3.05) is 0 Å². The summed E-state index contributed by atoms with van der Waals surface area (Å²) in [4.78, 5) is 4.19. The van der Waals surface area contributed by atoms with E-state index in [4.69, 9.17) is 5.73 Å². The van der Waals surface area contributed by atoms with Gasteiger partial charge >= 0.3 is 0 Å². The fourth-order valence-electron chi connectivity index (χ4n) is 2.04. The molecule has 114 valence electrons. The third-order valence-corrected chi connectivity index (χ3v) is 4.77. The molecule has 0 amide bonds. The molecular weight excluding hydrogens is 274 g/mol. The second-order valence-corrected chi connectivity index (χ2v) is 7.18. The van der Waals surface area contributed by atoms with E-state index in [0.717, 1.165) is 19.3 Å². The first-order chi connectivity index (χ1) is 9.36. The predicted octanol–water partition coefficient (Wildman–Crippen LogP) is 2.03. The summed E-state index contributed by atoms with van der Waals surface area (Å²) in [6.45, 7) is 6.32. The molecule has 1 atom stereocenters. The second-order valence-electron chi connectivity index (χ2n) is 5.50. The van der Waals surface area contributed by atoms with Crippen molar-refractivity contribution in [3.8, 4) is 0 Å². The highest BCUT2D eigenvalue weighted by Crippen LogP contribution is 2.14. The van der Waals surface area contributed by atoms with Crippen molar-refractivity contribution >= 4 is 10.0 Å². The molecule has 1 rings (SSSR count). The van der Waals surface area contributed by atoms with Gasteiger partial charge in [0.15, 0.2) is 0 Å². The quantitative estimate of drug-likeness (QED) is 0.769. The molecule has 1 aromatic rings. The normalized spacial score (nSPS) is 13.7. The second kappa shape index (κ2) is 7.71. The van der Waals surface area contributed by atoms with Crippen molar-refractivity contribution in [1.82, 2.24) is 9.71 Å². The van der Waals surface area contributed by atoms with Crippen LogP contribution in [0.5, 0.6) is 0 Å². The van der Waals surface area contributed by atoms with Crippen molar-refractivity contribution in [1.29, 1.82) is 0 Å². The van der Waals surface area contributed by atoms with E-state index in [1.807, 2.05) is 6.92 Å². The van der Waals surface area contributed by atoms with Crippen molar-refractivity contribution < 1.29 is 8.42 Å². The number of nitrogens with one attached hydrogen (secondary N) is 1. The van der Waals surface area contributed by atoms with E-state index in [0.29, 0.717) is 11.6 Å². The molecule has 0 aromatic carbocycles. The maximum absolute atomic E-state index is 12.3. The van der Waals surface area contributed by atoms with E-state index >= 15 is 0 Å². The molecule has 5 nitrogen and oxygen atoms in total. The van der Waals surface area contributed by atoms with Gasteiger partial charge in [0.05, 0.1) is 5.69 Å². The summed E-state index contributed by atoms with van der Waals surface area (Å²) in [7, 11) is -3.55. The third kappa shape index (κ3) is 5.19. The first-order valence-electron chi connectivity index (χ1n) is 7.03.